The Labute approximate surface area is 84.9 Å². The molecule has 1 aromatic rings. The van der Waals surface area contributed by atoms with Gasteiger partial charge in [0.25, 0.3) is 0 Å². The molecule has 0 spiro atoms. The lowest BCUT2D eigenvalue weighted by atomic mass is 10.0. The van der Waals surface area contributed by atoms with Crippen LogP contribution in [-0.2, 0) is 4.74 Å². The fourth-order valence-electron chi connectivity index (χ4n) is 1.54. The van der Waals surface area contributed by atoms with Crippen molar-refractivity contribution in [3.63, 3.8) is 0 Å². The molecule has 0 aliphatic heterocycles. The quantitative estimate of drug-likeness (QED) is 0.670. The normalized spacial score (nSPS) is 12.4. The molecule has 1 aromatic carbocycles. The van der Waals surface area contributed by atoms with E-state index in [2.05, 4.69) is 6.92 Å². The minimum absolute atomic E-state index is 0.0430. The first-order chi connectivity index (χ1) is 6.83. The molecule has 0 fully saturated rings. The van der Waals surface area contributed by atoms with Crippen LogP contribution in [-0.4, -0.2) is 12.9 Å². The van der Waals surface area contributed by atoms with Gasteiger partial charge in [0.1, 0.15) is 6.29 Å². The Balaban J connectivity index is 2.95. The molecule has 76 valence electrons. The second-order valence-corrected chi connectivity index (χ2v) is 3.10. The lowest BCUT2D eigenvalue weighted by molar-refractivity contribution is 0.0591. The first-order valence-corrected chi connectivity index (χ1v) is 4.99. The molecule has 0 aliphatic carbocycles. The van der Waals surface area contributed by atoms with E-state index >= 15 is 0 Å². The van der Waals surface area contributed by atoms with E-state index in [-0.39, 0.29) is 6.10 Å². The molecule has 1 rings (SSSR count). The monoisotopic (exact) mass is 192 g/mol. The number of hydrogen-bond donors (Lipinski definition) is 0. The Bertz CT molecular complexity index is 294. The zero-order valence-corrected chi connectivity index (χ0v) is 8.69. The van der Waals surface area contributed by atoms with Crippen molar-refractivity contribution in [2.75, 3.05) is 6.61 Å². The zero-order chi connectivity index (χ0) is 10.4. The van der Waals surface area contributed by atoms with Crippen LogP contribution in [0.25, 0.3) is 0 Å². The van der Waals surface area contributed by atoms with E-state index in [1.807, 2.05) is 31.2 Å². The zero-order valence-electron chi connectivity index (χ0n) is 8.69. The van der Waals surface area contributed by atoms with Gasteiger partial charge in [-0.25, -0.2) is 0 Å². The lowest BCUT2D eigenvalue weighted by Crippen LogP contribution is -2.05. The molecule has 0 aromatic heterocycles. The fourth-order valence-corrected chi connectivity index (χ4v) is 1.54. The number of carbonyl (C=O) groups excluding carboxylic acids is 1. The van der Waals surface area contributed by atoms with Gasteiger partial charge in [-0.1, -0.05) is 31.2 Å². The molecule has 1 unspecified atom stereocenters. The van der Waals surface area contributed by atoms with Crippen molar-refractivity contribution in [3.05, 3.63) is 35.4 Å². The second kappa shape index (κ2) is 5.55. The highest BCUT2D eigenvalue weighted by Gasteiger charge is 2.12. The molecule has 2 heteroatoms. The predicted octanol–water partition coefficient (Wildman–Crippen LogP) is 2.99. The van der Waals surface area contributed by atoms with Gasteiger partial charge in [-0.15, -0.1) is 0 Å². The summed E-state index contributed by atoms with van der Waals surface area (Å²) in [5.74, 6) is 0. The largest absolute Gasteiger partial charge is 0.374 e. The van der Waals surface area contributed by atoms with E-state index in [9.17, 15) is 4.79 Å². The van der Waals surface area contributed by atoms with E-state index in [0.717, 1.165) is 23.8 Å². The van der Waals surface area contributed by atoms with Crippen molar-refractivity contribution in [2.45, 2.75) is 26.4 Å². The highest BCUT2D eigenvalue weighted by atomic mass is 16.5. The minimum atomic E-state index is 0.0430. The standard InChI is InChI=1S/C12H16O2/c1-3-12(14-4-2)11-8-6-5-7-10(11)9-13/h5-9,12H,3-4H2,1-2H3. The summed E-state index contributed by atoms with van der Waals surface area (Å²) >= 11 is 0. The highest BCUT2D eigenvalue weighted by molar-refractivity contribution is 5.77. The second-order valence-electron chi connectivity index (χ2n) is 3.10. The third-order valence-electron chi connectivity index (χ3n) is 2.21. The number of rotatable bonds is 5. The molecular formula is C12H16O2. The Hall–Kier alpha value is -1.15. The van der Waals surface area contributed by atoms with Crippen molar-refractivity contribution in [1.29, 1.82) is 0 Å². The van der Waals surface area contributed by atoms with E-state index in [0.29, 0.717) is 6.61 Å². The molecular weight excluding hydrogens is 176 g/mol. The third-order valence-corrected chi connectivity index (χ3v) is 2.21. The molecule has 0 saturated carbocycles. The third kappa shape index (κ3) is 2.42. The summed E-state index contributed by atoms with van der Waals surface area (Å²) in [4.78, 5) is 10.8. The van der Waals surface area contributed by atoms with Crippen LogP contribution in [0.5, 0.6) is 0 Å². The van der Waals surface area contributed by atoms with Crippen LogP contribution >= 0.6 is 0 Å². The van der Waals surface area contributed by atoms with Gasteiger partial charge in [-0.05, 0) is 18.9 Å². The fraction of sp³-hybridized carbons (Fsp3) is 0.417. The summed E-state index contributed by atoms with van der Waals surface area (Å²) in [6, 6.07) is 7.58. The van der Waals surface area contributed by atoms with E-state index in [4.69, 9.17) is 4.74 Å². The molecule has 0 aliphatic rings. The van der Waals surface area contributed by atoms with E-state index in [1.54, 1.807) is 0 Å². The number of ether oxygens (including phenoxy) is 1. The van der Waals surface area contributed by atoms with Crippen LogP contribution in [0.4, 0.5) is 0 Å². The smallest absolute Gasteiger partial charge is 0.150 e. The van der Waals surface area contributed by atoms with Crippen LogP contribution in [0.3, 0.4) is 0 Å². The summed E-state index contributed by atoms with van der Waals surface area (Å²) in [5.41, 5.74) is 1.72. The molecule has 1 atom stereocenters. The number of benzene rings is 1. The van der Waals surface area contributed by atoms with Crippen molar-refractivity contribution < 1.29 is 9.53 Å². The summed E-state index contributed by atoms with van der Waals surface area (Å²) < 4.78 is 5.56. The first-order valence-electron chi connectivity index (χ1n) is 4.99. The average Bonchev–Trinajstić information content (AvgIpc) is 2.26. The van der Waals surface area contributed by atoms with Gasteiger partial charge in [-0.2, -0.15) is 0 Å². The van der Waals surface area contributed by atoms with Crippen molar-refractivity contribution in [2.24, 2.45) is 0 Å². The molecule has 0 amide bonds. The summed E-state index contributed by atoms with van der Waals surface area (Å²) in [5, 5.41) is 0. The number of carbonyl (C=O) groups is 1. The SMILES string of the molecule is CCOC(CC)c1ccccc1C=O. The van der Waals surface area contributed by atoms with Gasteiger partial charge < -0.3 is 4.74 Å². The maximum atomic E-state index is 10.8. The van der Waals surface area contributed by atoms with Crippen molar-refractivity contribution in [1.82, 2.24) is 0 Å². The Kier molecular flexibility index (Phi) is 4.33. The topological polar surface area (TPSA) is 26.3 Å². The molecule has 0 N–H and O–H groups in total. The van der Waals surface area contributed by atoms with Crippen LogP contribution in [0.15, 0.2) is 24.3 Å². The van der Waals surface area contributed by atoms with Gasteiger partial charge in [-0.3, -0.25) is 4.79 Å². The molecule has 0 saturated heterocycles. The first kappa shape index (κ1) is 10.9. The van der Waals surface area contributed by atoms with Gasteiger partial charge in [0, 0.05) is 12.2 Å². The molecule has 0 bridgehead atoms. The maximum absolute atomic E-state index is 10.8. The molecule has 0 radical (unpaired) electrons. The van der Waals surface area contributed by atoms with E-state index in [1.165, 1.54) is 0 Å². The molecule has 14 heavy (non-hydrogen) atoms. The minimum Gasteiger partial charge on any atom is -0.374 e. The Morgan fingerprint density at radius 3 is 2.64 bits per heavy atom. The maximum Gasteiger partial charge on any atom is 0.150 e. The van der Waals surface area contributed by atoms with Gasteiger partial charge in [0.05, 0.1) is 6.10 Å². The molecule has 0 heterocycles. The lowest BCUT2D eigenvalue weighted by Gasteiger charge is -2.16. The Morgan fingerprint density at radius 1 is 1.36 bits per heavy atom. The van der Waals surface area contributed by atoms with Crippen LogP contribution in [0.2, 0.25) is 0 Å². The van der Waals surface area contributed by atoms with Crippen molar-refractivity contribution >= 4 is 6.29 Å². The highest BCUT2D eigenvalue weighted by Crippen LogP contribution is 2.23. The summed E-state index contributed by atoms with van der Waals surface area (Å²) in [6.07, 6.45) is 1.82. The number of hydrogen-bond acceptors (Lipinski definition) is 2. The van der Waals surface area contributed by atoms with Crippen molar-refractivity contribution in [3.8, 4) is 0 Å². The Morgan fingerprint density at radius 2 is 2.07 bits per heavy atom. The van der Waals surface area contributed by atoms with Crippen LogP contribution in [0.1, 0.15) is 42.3 Å². The van der Waals surface area contributed by atoms with Gasteiger partial charge >= 0.3 is 0 Å². The van der Waals surface area contributed by atoms with Gasteiger partial charge in [0.2, 0.25) is 0 Å². The summed E-state index contributed by atoms with van der Waals surface area (Å²) in [6.45, 7) is 4.69. The average molecular weight is 192 g/mol. The number of aldehydes is 1. The van der Waals surface area contributed by atoms with E-state index < -0.39 is 0 Å². The predicted molar refractivity (Wildman–Crippen MR) is 56.5 cm³/mol. The summed E-state index contributed by atoms with van der Waals surface area (Å²) in [7, 11) is 0. The van der Waals surface area contributed by atoms with Crippen LogP contribution < -0.4 is 0 Å². The van der Waals surface area contributed by atoms with Gasteiger partial charge in [0.15, 0.2) is 0 Å². The molecule has 2 nitrogen and oxygen atoms in total. The van der Waals surface area contributed by atoms with Crippen LogP contribution in [0, 0.1) is 0 Å².